The maximum Gasteiger partial charge on any atom is 0.240 e. The van der Waals surface area contributed by atoms with Gasteiger partial charge in [0, 0.05) is 25.6 Å². The van der Waals surface area contributed by atoms with Gasteiger partial charge in [0.05, 0.1) is 12.5 Å². The molecule has 1 rings (SSSR count). The number of amides is 3. The summed E-state index contributed by atoms with van der Waals surface area (Å²) < 4.78 is 0. The van der Waals surface area contributed by atoms with Crippen LogP contribution in [0.15, 0.2) is 0 Å². The summed E-state index contributed by atoms with van der Waals surface area (Å²) in [5, 5.41) is 2.91. The van der Waals surface area contributed by atoms with E-state index in [1.54, 1.807) is 11.8 Å². The molecule has 7 nitrogen and oxygen atoms in total. The van der Waals surface area contributed by atoms with E-state index in [9.17, 15) is 14.4 Å². The number of nitrogens with one attached hydrogen (secondary N) is 1. The average molecular weight is 270 g/mol. The first-order chi connectivity index (χ1) is 8.93. The van der Waals surface area contributed by atoms with E-state index >= 15 is 0 Å². The van der Waals surface area contributed by atoms with Crippen molar-refractivity contribution in [2.24, 2.45) is 11.5 Å². The number of nitrogens with two attached hydrogens (primary N) is 2. The fraction of sp³-hybridized carbons (Fsp3) is 0.750. The monoisotopic (exact) mass is 270 g/mol. The predicted octanol–water partition coefficient (Wildman–Crippen LogP) is -1.29. The Hall–Kier alpha value is -1.63. The van der Waals surface area contributed by atoms with Gasteiger partial charge in [0.25, 0.3) is 0 Å². The molecule has 7 heteroatoms. The molecule has 0 aromatic rings. The number of piperidine rings is 1. The van der Waals surface area contributed by atoms with Crippen molar-refractivity contribution in [2.45, 2.75) is 44.7 Å². The highest BCUT2D eigenvalue weighted by Crippen LogP contribution is 2.12. The summed E-state index contributed by atoms with van der Waals surface area (Å²) in [6.45, 7) is 2.89. The van der Waals surface area contributed by atoms with Crippen LogP contribution >= 0.6 is 0 Å². The summed E-state index contributed by atoms with van der Waals surface area (Å²) in [5.41, 5.74) is 10.6. The van der Waals surface area contributed by atoms with Gasteiger partial charge >= 0.3 is 0 Å². The highest BCUT2D eigenvalue weighted by Gasteiger charge is 2.27. The second-order valence-electron chi connectivity index (χ2n) is 4.80. The van der Waals surface area contributed by atoms with Crippen LogP contribution < -0.4 is 16.8 Å². The lowest BCUT2D eigenvalue weighted by Crippen LogP contribution is -2.51. The standard InChI is InChI=1S/C12H22N4O3/c1-2-11(18)15-8-3-5-16(6-4-8)12(19)9(13)7-10(14)17/h8-9H,2-7,13H2,1H3,(H2,14,17)(H,15,18). The number of carbonyl (C=O) groups excluding carboxylic acids is 3. The largest absolute Gasteiger partial charge is 0.370 e. The quantitative estimate of drug-likeness (QED) is 0.575. The molecule has 0 aromatic carbocycles. The molecule has 3 amide bonds. The third-order valence-electron chi connectivity index (χ3n) is 3.23. The molecule has 1 heterocycles. The van der Waals surface area contributed by atoms with Crippen LogP contribution in [0.25, 0.3) is 0 Å². The molecule has 1 unspecified atom stereocenters. The fourth-order valence-electron chi connectivity index (χ4n) is 2.11. The molecule has 0 spiro atoms. The molecule has 1 aliphatic heterocycles. The summed E-state index contributed by atoms with van der Waals surface area (Å²) in [4.78, 5) is 35.5. The molecule has 108 valence electrons. The second-order valence-corrected chi connectivity index (χ2v) is 4.80. The predicted molar refractivity (Wildman–Crippen MR) is 69.8 cm³/mol. The van der Waals surface area contributed by atoms with E-state index in [1.165, 1.54) is 0 Å². The highest BCUT2D eigenvalue weighted by molar-refractivity contribution is 5.87. The van der Waals surface area contributed by atoms with Crippen molar-refractivity contribution in [3.8, 4) is 0 Å². The minimum Gasteiger partial charge on any atom is -0.370 e. The van der Waals surface area contributed by atoms with Gasteiger partial charge in [0.2, 0.25) is 17.7 Å². The summed E-state index contributed by atoms with van der Waals surface area (Å²) in [5.74, 6) is -0.805. The lowest BCUT2D eigenvalue weighted by Gasteiger charge is -2.33. The summed E-state index contributed by atoms with van der Waals surface area (Å²) in [6.07, 6.45) is 1.75. The Labute approximate surface area is 112 Å². The number of hydrogen-bond acceptors (Lipinski definition) is 4. The van der Waals surface area contributed by atoms with E-state index < -0.39 is 11.9 Å². The van der Waals surface area contributed by atoms with Crippen molar-refractivity contribution in [1.82, 2.24) is 10.2 Å². The van der Waals surface area contributed by atoms with Crippen LogP contribution in [0.3, 0.4) is 0 Å². The van der Waals surface area contributed by atoms with Gasteiger partial charge in [-0.05, 0) is 12.8 Å². The van der Waals surface area contributed by atoms with E-state index in [2.05, 4.69) is 5.32 Å². The average Bonchev–Trinajstić information content (AvgIpc) is 2.37. The normalized spacial score (nSPS) is 17.9. The van der Waals surface area contributed by atoms with Gasteiger partial charge in [-0.1, -0.05) is 6.92 Å². The Balaban J connectivity index is 2.38. The number of hydrogen-bond donors (Lipinski definition) is 3. The van der Waals surface area contributed by atoms with Gasteiger partial charge in [0.1, 0.15) is 0 Å². The SMILES string of the molecule is CCC(=O)NC1CCN(C(=O)C(N)CC(N)=O)CC1. The van der Waals surface area contributed by atoms with E-state index in [0.717, 1.165) is 0 Å². The van der Waals surface area contributed by atoms with E-state index in [4.69, 9.17) is 11.5 Å². The Kier molecular flexibility index (Phi) is 5.75. The van der Waals surface area contributed by atoms with Crippen molar-refractivity contribution in [1.29, 1.82) is 0 Å². The molecule has 1 fully saturated rings. The minimum absolute atomic E-state index is 0.0233. The number of carbonyl (C=O) groups is 3. The zero-order valence-corrected chi connectivity index (χ0v) is 11.2. The maximum atomic E-state index is 11.9. The highest BCUT2D eigenvalue weighted by atomic mass is 16.2. The number of nitrogens with zero attached hydrogens (tertiary/aromatic N) is 1. The van der Waals surface area contributed by atoms with Crippen molar-refractivity contribution in [3.63, 3.8) is 0 Å². The lowest BCUT2D eigenvalue weighted by atomic mass is 10.0. The molecule has 1 aliphatic rings. The topological polar surface area (TPSA) is 119 Å². The fourth-order valence-corrected chi connectivity index (χ4v) is 2.11. The smallest absolute Gasteiger partial charge is 0.240 e. The Bertz CT molecular complexity index is 351. The van der Waals surface area contributed by atoms with Gasteiger partial charge < -0.3 is 21.7 Å². The molecular weight excluding hydrogens is 248 g/mol. The van der Waals surface area contributed by atoms with Crippen LogP contribution in [0.2, 0.25) is 0 Å². The van der Waals surface area contributed by atoms with E-state index in [-0.39, 0.29) is 24.3 Å². The minimum atomic E-state index is -0.862. The molecular formula is C12H22N4O3. The zero-order chi connectivity index (χ0) is 14.4. The number of primary amides is 1. The van der Waals surface area contributed by atoms with Crippen LogP contribution in [0.5, 0.6) is 0 Å². The van der Waals surface area contributed by atoms with Crippen LogP contribution in [0, 0.1) is 0 Å². The third kappa shape index (κ3) is 4.86. The third-order valence-corrected chi connectivity index (χ3v) is 3.23. The second kappa shape index (κ2) is 7.08. The van der Waals surface area contributed by atoms with Crippen LogP contribution in [-0.2, 0) is 14.4 Å². The van der Waals surface area contributed by atoms with Crippen molar-refractivity contribution in [2.75, 3.05) is 13.1 Å². The van der Waals surface area contributed by atoms with Gasteiger partial charge in [-0.15, -0.1) is 0 Å². The number of likely N-dealkylation sites (tertiary alicyclic amines) is 1. The molecule has 0 bridgehead atoms. The van der Waals surface area contributed by atoms with Gasteiger partial charge in [-0.2, -0.15) is 0 Å². The Morgan fingerprint density at radius 1 is 1.32 bits per heavy atom. The molecule has 0 saturated carbocycles. The Morgan fingerprint density at radius 3 is 2.37 bits per heavy atom. The molecule has 19 heavy (non-hydrogen) atoms. The summed E-state index contributed by atoms with van der Waals surface area (Å²) >= 11 is 0. The molecule has 1 saturated heterocycles. The zero-order valence-electron chi connectivity index (χ0n) is 11.2. The van der Waals surface area contributed by atoms with E-state index in [1.807, 2.05) is 0 Å². The van der Waals surface area contributed by atoms with Gasteiger partial charge in [-0.3, -0.25) is 14.4 Å². The molecule has 0 aliphatic carbocycles. The molecule has 1 atom stereocenters. The van der Waals surface area contributed by atoms with Gasteiger partial charge in [0.15, 0.2) is 0 Å². The lowest BCUT2D eigenvalue weighted by molar-refractivity contribution is -0.135. The van der Waals surface area contributed by atoms with E-state index in [0.29, 0.717) is 32.4 Å². The molecule has 5 N–H and O–H groups in total. The molecule has 0 radical (unpaired) electrons. The van der Waals surface area contributed by atoms with Crippen molar-refractivity contribution in [3.05, 3.63) is 0 Å². The van der Waals surface area contributed by atoms with Crippen molar-refractivity contribution < 1.29 is 14.4 Å². The first-order valence-corrected chi connectivity index (χ1v) is 6.56. The summed E-state index contributed by atoms with van der Waals surface area (Å²) in [6, 6.07) is -0.747. The van der Waals surface area contributed by atoms with Crippen LogP contribution in [0.1, 0.15) is 32.6 Å². The van der Waals surface area contributed by atoms with Crippen LogP contribution in [-0.4, -0.2) is 47.8 Å². The van der Waals surface area contributed by atoms with Crippen LogP contribution in [0.4, 0.5) is 0 Å². The molecule has 0 aromatic heterocycles. The first-order valence-electron chi connectivity index (χ1n) is 6.56. The van der Waals surface area contributed by atoms with Gasteiger partial charge in [-0.25, -0.2) is 0 Å². The maximum absolute atomic E-state index is 11.9. The Morgan fingerprint density at radius 2 is 1.89 bits per heavy atom. The summed E-state index contributed by atoms with van der Waals surface area (Å²) in [7, 11) is 0. The number of rotatable bonds is 5. The van der Waals surface area contributed by atoms with Crippen molar-refractivity contribution >= 4 is 17.7 Å². The first kappa shape index (κ1) is 15.4.